The Hall–Kier alpha value is -2.52. The number of benzene rings is 2. The highest BCUT2D eigenvalue weighted by Gasteiger charge is 2.31. The molecule has 160 valence electrons. The summed E-state index contributed by atoms with van der Waals surface area (Å²) in [5, 5.41) is 0.181. The van der Waals surface area contributed by atoms with Crippen molar-refractivity contribution in [3.63, 3.8) is 0 Å². The molecule has 3 aromatic rings. The Bertz CT molecular complexity index is 1270. The molecule has 31 heavy (non-hydrogen) atoms. The van der Waals surface area contributed by atoms with E-state index in [-0.39, 0.29) is 47.0 Å². The Morgan fingerprint density at radius 1 is 0.968 bits per heavy atom. The van der Waals surface area contributed by atoms with Gasteiger partial charge in [0.25, 0.3) is 0 Å². The molecule has 1 aromatic heterocycles. The molecule has 0 unspecified atom stereocenters. The second-order valence-corrected chi connectivity index (χ2v) is 9.59. The number of carbonyl (C=O) groups excluding carboxylic acids is 1. The van der Waals surface area contributed by atoms with Crippen LogP contribution in [0.3, 0.4) is 0 Å². The summed E-state index contributed by atoms with van der Waals surface area (Å²) in [6, 6.07) is 12.0. The Labute approximate surface area is 190 Å². The molecule has 2 heterocycles. The number of nitrogens with zero attached hydrogens (tertiary/aromatic N) is 4. The zero-order chi connectivity index (χ0) is 22.0. The number of amides is 1. The van der Waals surface area contributed by atoms with Crippen LogP contribution in [0, 0.1) is 0 Å². The first kappa shape index (κ1) is 21.7. The van der Waals surface area contributed by atoms with Crippen molar-refractivity contribution in [1.82, 2.24) is 19.2 Å². The highest BCUT2D eigenvalue weighted by Crippen LogP contribution is 2.31. The summed E-state index contributed by atoms with van der Waals surface area (Å²) in [7, 11) is -3.80. The molecule has 7 nitrogen and oxygen atoms in total. The molecule has 0 aliphatic carbocycles. The highest BCUT2D eigenvalue weighted by molar-refractivity contribution is 7.89. The highest BCUT2D eigenvalue weighted by atomic mass is 35.5. The third-order valence-electron chi connectivity index (χ3n) is 4.95. The number of fused-ring (bicyclic) bond motifs is 1. The average Bonchev–Trinajstić information content (AvgIpc) is 2.79. The smallest absolute Gasteiger partial charge is 0.246 e. The van der Waals surface area contributed by atoms with Gasteiger partial charge in [0.1, 0.15) is 4.90 Å². The second kappa shape index (κ2) is 8.92. The Balaban J connectivity index is 1.41. The molecular formula is C21H18Cl2N4O3S. The monoisotopic (exact) mass is 476 g/mol. The summed E-state index contributed by atoms with van der Waals surface area (Å²) in [5.74, 6) is -0.215. The SMILES string of the molecule is O=C(/C=C/c1cnc2ccccc2n1)N1CCN(S(=O)(=O)c2cccc(Cl)c2Cl)CC1. The van der Waals surface area contributed by atoms with Crippen molar-refractivity contribution in [1.29, 1.82) is 0 Å². The van der Waals surface area contributed by atoms with E-state index in [1.54, 1.807) is 23.2 Å². The first-order valence-electron chi connectivity index (χ1n) is 9.49. The van der Waals surface area contributed by atoms with Crippen molar-refractivity contribution in [2.24, 2.45) is 0 Å². The number of aromatic nitrogens is 2. The van der Waals surface area contributed by atoms with Crippen molar-refractivity contribution in [3.8, 4) is 0 Å². The third-order valence-corrected chi connectivity index (χ3v) is 7.82. The molecule has 1 aliphatic rings. The number of rotatable bonds is 4. The molecule has 0 atom stereocenters. The molecular weight excluding hydrogens is 459 g/mol. The van der Waals surface area contributed by atoms with Gasteiger partial charge in [0.2, 0.25) is 15.9 Å². The van der Waals surface area contributed by atoms with Crippen LogP contribution < -0.4 is 0 Å². The van der Waals surface area contributed by atoms with E-state index in [0.717, 1.165) is 11.0 Å². The van der Waals surface area contributed by atoms with Gasteiger partial charge in [-0.1, -0.05) is 41.4 Å². The van der Waals surface area contributed by atoms with Crippen molar-refractivity contribution in [2.75, 3.05) is 26.2 Å². The van der Waals surface area contributed by atoms with Crippen molar-refractivity contribution < 1.29 is 13.2 Å². The minimum Gasteiger partial charge on any atom is -0.337 e. The van der Waals surface area contributed by atoms with Gasteiger partial charge in [-0.3, -0.25) is 9.78 Å². The number of hydrogen-bond acceptors (Lipinski definition) is 5. The van der Waals surface area contributed by atoms with Crippen LogP contribution >= 0.6 is 23.2 Å². The Morgan fingerprint density at radius 2 is 1.68 bits per heavy atom. The molecule has 4 rings (SSSR count). The van der Waals surface area contributed by atoms with Crippen LogP contribution in [-0.4, -0.2) is 59.7 Å². The number of hydrogen-bond donors (Lipinski definition) is 0. The van der Waals surface area contributed by atoms with Gasteiger partial charge >= 0.3 is 0 Å². The normalized spacial score (nSPS) is 15.6. The average molecular weight is 477 g/mol. The lowest BCUT2D eigenvalue weighted by Crippen LogP contribution is -2.50. The van der Waals surface area contributed by atoms with E-state index in [4.69, 9.17) is 23.2 Å². The summed E-state index contributed by atoms with van der Waals surface area (Å²) < 4.78 is 27.1. The standard InChI is InChI=1S/C21H18Cl2N4O3S/c22-16-4-3-7-19(21(16)23)31(29,30)27-12-10-26(11-13-27)20(28)9-8-15-14-24-17-5-1-2-6-18(17)25-15/h1-9,14H,10-13H2/b9-8+. The van der Waals surface area contributed by atoms with Gasteiger partial charge < -0.3 is 4.90 Å². The molecule has 0 spiro atoms. The predicted octanol–water partition coefficient (Wildman–Crippen LogP) is 3.48. The molecule has 2 aromatic carbocycles. The van der Waals surface area contributed by atoms with Gasteiger partial charge in [0.05, 0.1) is 33.0 Å². The van der Waals surface area contributed by atoms with E-state index in [1.165, 1.54) is 22.5 Å². The summed E-state index contributed by atoms with van der Waals surface area (Å²) in [5.41, 5.74) is 2.10. The van der Waals surface area contributed by atoms with Gasteiger partial charge in [-0.2, -0.15) is 4.31 Å². The zero-order valence-corrected chi connectivity index (χ0v) is 18.6. The molecule has 0 radical (unpaired) electrons. The predicted molar refractivity (Wildman–Crippen MR) is 120 cm³/mol. The van der Waals surface area contributed by atoms with Gasteiger partial charge in [0, 0.05) is 32.3 Å². The molecule has 1 aliphatic heterocycles. The number of halogens is 2. The maximum Gasteiger partial charge on any atom is 0.246 e. The van der Waals surface area contributed by atoms with Crippen LogP contribution in [0.2, 0.25) is 10.0 Å². The van der Waals surface area contributed by atoms with Gasteiger partial charge in [-0.25, -0.2) is 13.4 Å². The first-order valence-corrected chi connectivity index (χ1v) is 11.7. The number of sulfonamides is 1. The Kier molecular flexibility index (Phi) is 6.24. The number of para-hydroxylation sites is 2. The van der Waals surface area contributed by atoms with E-state index in [2.05, 4.69) is 9.97 Å². The lowest BCUT2D eigenvalue weighted by Gasteiger charge is -2.33. The van der Waals surface area contributed by atoms with E-state index in [1.807, 2.05) is 24.3 Å². The van der Waals surface area contributed by atoms with Crippen molar-refractivity contribution in [2.45, 2.75) is 4.90 Å². The maximum atomic E-state index is 12.9. The first-order chi connectivity index (χ1) is 14.9. The molecule has 1 saturated heterocycles. The van der Waals surface area contributed by atoms with Crippen LogP contribution in [0.4, 0.5) is 0 Å². The van der Waals surface area contributed by atoms with Gasteiger partial charge in [-0.15, -0.1) is 0 Å². The minimum atomic E-state index is -3.80. The van der Waals surface area contributed by atoms with Crippen LogP contribution in [0.25, 0.3) is 17.1 Å². The van der Waals surface area contributed by atoms with Crippen LogP contribution in [0.15, 0.2) is 59.6 Å². The van der Waals surface area contributed by atoms with Crippen molar-refractivity contribution in [3.05, 3.63) is 70.5 Å². The number of carbonyl (C=O) groups is 1. The van der Waals surface area contributed by atoms with Gasteiger partial charge in [0.15, 0.2) is 0 Å². The molecule has 1 amide bonds. The zero-order valence-electron chi connectivity index (χ0n) is 16.3. The fraction of sp³-hybridized carbons (Fsp3) is 0.190. The van der Waals surface area contributed by atoms with Crippen molar-refractivity contribution >= 4 is 56.2 Å². The second-order valence-electron chi connectivity index (χ2n) is 6.90. The van der Waals surface area contributed by atoms with E-state index in [9.17, 15) is 13.2 Å². The van der Waals surface area contributed by atoms with Crippen LogP contribution in [-0.2, 0) is 14.8 Å². The van der Waals surface area contributed by atoms with E-state index < -0.39 is 10.0 Å². The lowest BCUT2D eigenvalue weighted by atomic mass is 10.3. The topological polar surface area (TPSA) is 83.5 Å². The third kappa shape index (κ3) is 4.57. The molecule has 10 heteroatoms. The van der Waals surface area contributed by atoms with E-state index in [0.29, 0.717) is 5.69 Å². The lowest BCUT2D eigenvalue weighted by molar-refractivity contribution is -0.127. The fourth-order valence-electron chi connectivity index (χ4n) is 3.29. The molecule has 0 N–H and O–H groups in total. The fourth-order valence-corrected chi connectivity index (χ4v) is 5.44. The summed E-state index contributed by atoms with van der Waals surface area (Å²) in [6.45, 7) is 0.870. The quantitative estimate of drug-likeness (QED) is 0.538. The maximum absolute atomic E-state index is 12.9. The largest absolute Gasteiger partial charge is 0.337 e. The summed E-state index contributed by atoms with van der Waals surface area (Å²) in [6.07, 6.45) is 4.64. The Morgan fingerprint density at radius 3 is 2.42 bits per heavy atom. The van der Waals surface area contributed by atoms with Crippen LogP contribution in [0.1, 0.15) is 5.69 Å². The molecule has 1 fully saturated rings. The van der Waals surface area contributed by atoms with E-state index >= 15 is 0 Å². The summed E-state index contributed by atoms with van der Waals surface area (Å²) in [4.78, 5) is 22.9. The molecule has 0 bridgehead atoms. The molecule has 0 saturated carbocycles. The van der Waals surface area contributed by atoms with Gasteiger partial charge in [-0.05, 0) is 30.3 Å². The summed E-state index contributed by atoms with van der Waals surface area (Å²) >= 11 is 12.0. The van der Waals surface area contributed by atoms with Crippen LogP contribution in [0.5, 0.6) is 0 Å². The minimum absolute atomic E-state index is 0.00194. The number of piperazine rings is 1.